The number of hydrogen-bond donors (Lipinski definition) is 1. The molecule has 8 heteroatoms. The number of nitrogens with zero attached hydrogens (tertiary/aromatic N) is 1. The topological polar surface area (TPSA) is 84.9 Å². The van der Waals surface area contributed by atoms with Gasteiger partial charge in [-0.1, -0.05) is 54.1 Å². The van der Waals surface area contributed by atoms with E-state index in [1.807, 2.05) is 37.3 Å². The predicted octanol–water partition coefficient (Wildman–Crippen LogP) is 6.36. The normalized spacial score (nSPS) is 14.6. The van der Waals surface area contributed by atoms with Gasteiger partial charge >= 0.3 is 6.03 Å². The lowest BCUT2D eigenvalue weighted by Gasteiger charge is -2.28. The Balaban J connectivity index is 1.53. The van der Waals surface area contributed by atoms with Crippen molar-refractivity contribution < 1.29 is 23.9 Å². The molecule has 4 aromatic rings. The number of aryl methyl sites for hydroxylation is 1. The molecule has 0 bridgehead atoms. The van der Waals surface area contributed by atoms with Crippen LogP contribution < -0.4 is 19.7 Å². The van der Waals surface area contributed by atoms with Gasteiger partial charge < -0.3 is 9.47 Å². The third kappa shape index (κ3) is 4.96. The van der Waals surface area contributed by atoms with Crippen LogP contribution in [0.25, 0.3) is 16.8 Å². The molecule has 0 spiro atoms. The van der Waals surface area contributed by atoms with Crippen LogP contribution in [-0.2, 0) is 16.2 Å². The maximum atomic E-state index is 13.5. The van der Waals surface area contributed by atoms with Crippen molar-refractivity contribution in [1.82, 2.24) is 5.32 Å². The molecule has 39 heavy (non-hydrogen) atoms. The van der Waals surface area contributed by atoms with Crippen LogP contribution in [0.4, 0.5) is 10.5 Å². The second kappa shape index (κ2) is 10.6. The van der Waals surface area contributed by atoms with Crippen LogP contribution in [0.3, 0.4) is 0 Å². The number of carbonyl (C=O) groups is 3. The van der Waals surface area contributed by atoms with Gasteiger partial charge in [0.1, 0.15) is 23.7 Å². The number of methoxy groups -OCH3 is 1. The van der Waals surface area contributed by atoms with Crippen molar-refractivity contribution in [2.24, 2.45) is 0 Å². The third-order valence-corrected chi connectivity index (χ3v) is 7.16. The number of fused-ring (bicyclic) bond motifs is 1. The van der Waals surface area contributed by atoms with E-state index in [1.165, 1.54) is 6.08 Å². The SMILES string of the molecule is COc1ccc(/C=C2\C(=O)NC(=O)N(c3cccc(Cl)c3C)C2=O)c(OCc2c(C)ccc3ccccc23)c1. The molecule has 1 saturated heterocycles. The number of imide groups is 2. The summed E-state index contributed by atoms with van der Waals surface area (Å²) in [5, 5.41) is 4.82. The number of rotatable bonds is 6. The van der Waals surface area contributed by atoms with Crippen molar-refractivity contribution in [2.75, 3.05) is 12.0 Å². The number of hydrogen-bond acceptors (Lipinski definition) is 5. The van der Waals surface area contributed by atoms with Crippen LogP contribution in [0.1, 0.15) is 22.3 Å². The van der Waals surface area contributed by atoms with Gasteiger partial charge in [-0.3, -0.25) is 14.9 Å². The van der Waals surface area contributed by atoms with E-state index < -0.39 is 17.8 Å². The summed E-state index contributed by atoms with van der Waals surface area (Å²) < 4.78 is 11.7. The molecule has 0 unspecified atom stereocenters. The highest BCUT2D eigenvalue weighted by Crippen LogP contribution is 2.32. The molecule has 0 saturated carbocycles. The standard InChI is InChI=1S/C31H25ClN2O5/c1-18-11-12-20-7-4-5-8-23(20)25(18)17-39-28-16-22(38-3)14-13-21(28)15-24-29(35)33-31(37)34(30(24)36)27-10-6-9-26(32)19(27)2/h4-16H,17H2,1-3H3,(H,33,35,37)/b24-15+. The highest BCUT2D eigenvalue weighted by Gasteiger charge is 2.37. The molecule has 0 radical (unpaired) electrons. The minimum absolute atomic E-state index is 0.217. The van der Waals surface area contributed by atoms with Crippen LogP contribution in [0.5, 0.6) is 11.5 Å². The summed E-state index contributed by atoms with van der Waals surface area (Å²) in [7, 11) is 1.54. The molecule has 1 aliphatic rings. The molecule has 4 amide bonds. The third-order valence-electron chi connectivity index (χ3n) is 6.75. The summed E-state index contributed by atoms with van der Waals surface area (Å²) in [6, 6.07) is 21.3. The number of amides is 4. The van der Waals surface area contributed by atoms with Gasteiger partial charge in [0.25, 0.3) is 11.8 Å². The zero-order valence-corrected chi connectivity index (χ0v) is 22.3. The van der Waals surface area contributed by atoms with Gasteiger partial charge in [0.2, 0.25) is 0 Å². The first kappa shape index (κ1) is 26.0. The number of anilines is 1. The summed E-state index contributed by atoms with van der Waals surface area (Å²) >= 11 is 6.23. The maximum Gasteiger partial charge on any atom is 0.335 e. The van der Waals surface area contributed by atoms with Gasteiger partial charge in [0.15, 0.2) is 0 Å². The number of carbonyl (C=O) groups excluding carboxylic acids is 3. The van der Waals surface area contributed by atoms with E-state index in [4.69, 9.17) is 21.1 Å². The van der Waals surface area contributed by atoms with Gasteiger partial charge in [-0.2, -0.15) is 0 Å². The highest BCUT2D eigenvalue weighted by molar-refractivity contribution is 6.40. The Bertz CT molecular complexity index is 1680. The molecule has 1 N–H and O–H groups in total. The van der Waals surface area contributed by atoms with Crippen LogP contribution in [0.15, 0.2) is 78.4 Å². The first-order valence-electron chi connectivity index (χ1n) is 12.2. The van der Waals surface area contributed by atoms with Gasteiger partial charge in [0, 0.05) is 22.2 Å². The number of nitrogens with one attached hydrogen (secondary N) is 1. The molecule has 0 atom stereocenters. The molecular formula is C31H25ClN2O5. The quantitative estimate of drug-likeness (QED) is 0.227. The van der Waals surface area contributed by atoms with E-state index in [0.29, 0.717) is 33.3 Å². The van der Waals surface area contributed by atoms with Crippen LogP contribution in [0.2, 0.25) is 5.02 Å². The predicted molar refractivity (Wildman–Crippen MR) is 151 cm³/mol. The van der Waals surface area contributed by atoms with Crippen molar-refractivity contribution in [3.8, 4) is 11.5 Å². The van der Waals surface area contributed by atoms with E-state index in [1.54, 1.807) is 50.4 Å². The molecule has 4 aromatic carbocycles. The minimum Gasteiger partial charge on any atom is -0.497 e. The zero-order valence-electron chi connectivity index (χ0n) is 21.6. The number of halogens is 1. The lowest BCUT2D eigenvalue weighted by atomic mass is 10.0. The Morgan fingerprint density at radius 2 is 1.74 bits per heavy atom. The molecule has 196 valence electrons. The van der Waals surface area contributed by atoms with Crippen LogP contribution in [0, 0.1) is 13.8 Å². The van der Waals surface area contributed by atoms with Crippen molar-refractivity contribution in [3.63, 3.8) is 0 Å². The van der Waals surface area contributed by atoms with Crippen LogP contribution in [-0.4, -0.2) is 25.0 Å². The molecule has 5 rings (SSSR count). The first-order chi connectivity index (χ1) is 18.8. The smallest absolute Gasteiger partial charge is 0.335 e. The Morgan fingerprint density at radius 3 is 2.54 bits per heavy atom. The number of urea groups is 1. The molecule has 0 aliphatic carbocycles. The second-order valence-electron chi connectivity index (χ2n) is 9.12. The fourth-order valence-electron chi connectivity index (χ4n) is 4.54. The summed E-state index contributed by atoms with van der Waals surface area (Å²) in [6.07, 6.45) is 1.42. The van der Waals surface area contributed by atoms with E-state index in [2.05, 4.69) is 11.4 Å². The Morgan fingerprint density at radius 1 is 0.949 bits per heavy atom. The zero-order chi connectivity index (χ0) is 27.7. The second-order valence-corrected chi connectivity index (χ2v) is 9.52. The fourth-order valence-corrected chi connectivity index (χ4v) is 4.71. The molecule has 1 aliphatic heterocycles. The maximum absolute atomic E-state index is 13.5. The monoisotopic (exact) mass is 540 g/mol. The van der Waals surface area contributed by atoms with E-state index in [0.717, 1.165) is 26.8 Å². The van der Waals surface area contributed by atoms with Crippen LogP contribution >= 0.6 is 11.6 Å². The van der Waals surface area contributed by atoms with Crippen molar-refractivity contribution in [3.05, 3.63) is 106 Å². The summed E-state index contributed by atoms with van der Waals surface area (Å²) in [4.78, 5) is 39.9. The molecule has 1 heterocycles. The molecule has 7 nitrogen and oxygen atoms in total. The van der Waals surface area contributed by atoms with Gasteiger partial charge in [-0.25, -0.2) is 9.69 Å². The fraction of sp³-hybridized carbons (Fsp3) is 0.129. The minimum atomic E-state index is -0.842. The number of benzene rings is 4. The summed E-state index contributed by atoms with van der Waals surface area (Å²) in [5.41, 5.74) is 3.18. The largest absolute Gasteiger partial charge is 0.497 e. The Kier molecular flexibility index (Phi) is 7.09. The van der Waals surface area contributed by atoms with E-state index >= 15 is 0 Å². The highest BCUT2D eigenvalue weighted by atomic mass is 35.5. The lowest BCUT2D eigenvalue weighted by molar-refractivity contribution is -0.122. The Hall–Kier alpha value is -4.62. The van der Waals surface area contributed by atoms with Gasteiger partial charge in [-0.15, -0.1) is 0 Å². The van der Waals surface area contributed by atoms with Gasteiger partial charge in [0.05, 0.1) is 12.8 Å². The number of ether oxygens (including phenoxy) is 2. The molecule has 1 fully saturated rings. The molecule has 0 aromatic heterocycles. The average molecular weight is 541 g/mol. The van der Waals surface area contributed by atoms with Crippen molar-refractivity contribution in [2.45, 2.75) is 20.5 Å². The molecular weight excluding hydrogens is 516 g/mol. The van der Waals surface area contributed by atoms with Crippen molar-refractivity contribution >= 4 is 52.0 Å². The lowest BCUT2D eigenvalue weighted by Crippen LogP contribution is -2.54. The summed E-state index contributed by atoms with van der Waals surface area (Å²) in [5.74, 6) is -0.599. The van der Waals surface area contributed by atoms with E-state index in [9.17, 15) is 14.4 Å². The average Bonchev–Trinajstić information content (AvgIpc) is 2.93. The number of barbiturate groups is 1. The van der Waals surface area contributed by atoms with Crippen molar-refractivity contribution in [1.29, 1.82) is 0 Å². The summed E-state index contributed by atoms with van der Waals surface area (Å²) in [6.45, 7) is 3.97. The van der Waals surface area contributed by atoms with E-state index in [-0.39, 0.29) is 12.2 Å². The van der Waals surface area contributed by atoms with Gasteiger partial charge in [-0.05, 0) is 66.1 Å². The Labute approximate surface area is 230 Å². The first-order valence-corrected chi connectivity index (χ1v) is 12.6.